The van der Waals surface area contributed by atoms with Crippen molar-refractivity contribution in [2.75, 3.05) is 6.54 Å². The van der Waals surface area contributed by atoms with Gasteiger partial charge in [0.1, 0.15) is 11.6 Å². The van der Waals surface area contributed by atoms with E-state index in [4.69, 9.17) is 9.26 Å². The molecule has 2 rings (SSSR count). The summed E-state index contributed by atoms with van der Waals surface area (Å²) in [5, 5.41) is 7.04. The van der Waals surface area contributed by atoms with Gasteiger partial charge in [0.25, 0.3) is 5.89 Å². The molecule has 0 amide bonds. The molecule has 21 heavy (non-hydrogen) atoms. The molecule has 1 aromatic carbocycles. The number of aromatic nitrogens is 2. The molecular formula is C15H20FN3O2. The maximum Gasteiger partial charge on any atom is 0.264 e. The third kappa shape index (κ3) is 4.53. The second-order valence-electron chi connectivity index (χ2n) is 4.68. The molecule has 0 atom stereocenters. The third-order valence-electron chi connectivity index (χ3n) is 2.94. The van der Waals surface area contributed by atoms with Crippen molar-refractivity contribution in [2.45, 2.75) is 39.8 Å². The summed E-state index contributed by atoms with van der Waals surface area (Å²) in [7, 11) is 0. The standard InChI is InChI=1S/C15H20FN3O2/c1-3-7-17-9-11-8-12(16)5-6-13(11)20-10-15-18-14(4-2)19-21-15/h5-6,8,17H,3-4,7,9-10H2,1-2H3. The normalized spacial score (nSPS) is 10.8. The van der Waals surface area contributed by atoms with E-state index in [2.05, 4.69) is 22.4 Å². The fourth-order valence-electron chi connectivity index (χ4n) is 1.86. The number of nitrogens with zero attached hydrogens (tertiary/aromatic N) is 2. The maximum absolute atomic E-state index is 13.3. The Morgan fingerprint density at radius 1 is 1.33 bits per heavy atom. The smallest absolute Gasteiger partial charge is 0.264 e. The number of ether oxygens (including phenoxy) is 1. The summed E-state index contributed by atoms with van der Waals surface area (Å²) in [6.45, 7) is 5.65. The third-order valence-corrected chi connectivity index (χ3v) is 2.94. The molecule has 0 bridgehead atoms. The van der Waals surface area contributed by atoms with Crippen LogP contribution < -0.4 is 10.1 Å². The molecule has 0 fully saturated rings. The van der Waals surface area contributed by atoms with Crippen LogP contribution in [0.15, 0.2) is 22.7 Å². The van der Waals surface area contributed by atoms with Crippen LogP contribution in [0.4, 0.5) is 4.39 Å². The van der Waals surface area contributed by atoms with E-state index in [9.17, 15) is 4.39 Å². The summed E-state index contributed by atoms with van der Waals surface area (Å²) in [6.07, 6.45) is 1.74. The molecule has 0 spiro atoms. The fourth-order valence-corrected chi connectivity index (χ4v) is 1.86. The summed E-state index contributed by atoms with van der Waals surface area (Å²) >= 11 is 0. The van der Waals surface area contributed by atoms with E-state index in [1.165, 1.54) is 12.1 Å². The molecule has 0 aliphatic rings. The molecule has 0 aliphatic carbocycles. The molecule has 0 saturated carbocycles. The summed E-state index contributed by atoms with van der Waals surface area (Å²) in [6, 6.07) is 4.47. The molecule has 0 aliphatic heterocycles. The van der Waals surface area contributed by atoms with Gasteiger partial charge >= 0.3 is 0 Å². The average molecular weight is 293 g/mol. The van der Waals surface area contributed by atoms with Gasteiger partial charge in [-0.05, 0) is 31.2 Å². The van der Waals surface area contributed by atoms with Crippen LogP contribution in [0, 0.1) is 5.82 Å². The highest BCUT2D eigenvalue weighted by Gasteiger charge is 2.09. The predicted molar refractivity (Wildman–Crippen MR) is 76.4 cm³/mol. The van der Waals surface area contributed by atoms with Crippen molar-refractivity contribution in [2.24, 2.45) is 0 Å². The monoisotopic (exact) mass is 293 g/mol. The number of rotatable bonds is 8. The van der Waals surface area contributed by atoms with E-state index >= 15 is 0 Å². The Kier molecular flexibility index (Phi) is 5.68. The van der Waals surface area contributed by atoms with Gasteiger partial charge in [-0.25, -0.2) is 4.39 Å². The topological polar surface area (TPSA) is 60.2 Å². The van der Waals surface area contributed by atoms with Crippen molar-refractivity contribution < 1.29 is 13.7 Å². The number of nitrogens with one attached hydrogen (secondary N) is 1. The first kappa shape index (κ1) is 15.4. The highest BCUT2D eigenvalue weighted by atomic mass is 19.1. The Morgan fingerprint density at radius 3 is 2.90 bits per heavy atom. The van der Waals surface area contributed by atoms with Crippen LogP contribution in [-0.2, 0) is 19.6 Å². The minimum Gasteiger partial charge on any atom is -0.483 e. The fraction of sp³-hybridized carbons (Fsp3) is 0.467. The number of hydrogen-bond donors (Lipinski definition) is 1. The van der Waals surface area contributed by atoms with E-state index in [1.807, 2.05) is 6.92 Å². The predicted octanol–water partition coefficient (Wildman–Crippen LogP) is 2.85. The van der Waals surface area contributed by atoms with Crippen LogP contribution in [-0.4, -0.2) is 16.7 Å². The SMILES string of the molecule is CCCNCc1cc(F)ccc1OCc1nc(CC)no1. The van der Waals surface area contributed by atoms with E-state index in [0.29, 0.717) is 30.4 Å². The number of aryl methyl sites for hydroxylation is 1. The molecule has 0 unspecified atom stereocenters. The van der Waals surface area contributed by atoms with E-state index in [0.717, 1.165) is 18.5 Å². The first-order valence-corrected chi connectivity index (χ1v) is 7.16. The Morgan fingerprint density at radius 2 is 2.19 bits per heavy atom. The second-order valence-corrected chi connectivity index (χ2v) is 4.68. The molecule has 1 aromatic heterocycles. The zero-order valence-electron chi connectivity index (χ0n) is 12.4. The summed E-state index contributed by atoms with van der Waals surface area (Å²) < 4.78 is 24.1. The van der Waals surface area contributed by atoms with Crippen molar-refractivity contribution >= 4 is 0 Å². The van der Waals surface area contributed by atoms with E-state index < -0.39 is 0 Å². The molecule has 1 N–H and O–H groups in total. The molecule has 2 aromatic rings. The van der Waals surface area contributed by atoms with Gasteiger partial charge in [-0.15, -0.1) is 0 Å². The Balaban J connectivity index is 2.00. The van der Waals surface area contributed by atoms with Crippen LogP contribution >= 0.6 is 0 Å². The first-order valence-electron chi connectivity index (χ1n) is 7.16. The molecule has 0 saturated heterocycles. The van der Waals surface area contributed by atoms with Gasteiger partial charge in [-0.1, -0.05) is 19.0 Å². The van der Waals surface area contributed by atoms with Crippen molar-refractivity contribution in [1.82, 2.24) is 15.5 Å². The van der Waals surface area contributed by atoms with Crippen molar-refractivity contribution in [3.63, 3.8) is 0 Å². The van der Waals surface area contributed by atoms with Crippen LogP contribution in [0.2, 0.25) is 0 Å². The van der Waals surface area contributed by atoms with Gasteiger partial charge in [0.05, 0.1) is 0 Å². The van der Waals surface area contributed by atoms with Gasteiger partial charge in [0, 0.05) is 18.5 Å². The first-order chi connectivity index (χ1) is 10.2. The van der Waals surface area contributed by atoms with Crippen LogP contribution in [0.5, 0.6) is 5.75 Å². The van der Waals surface area contributed by atoms with E-state index in [-0.39, 0.29) is 12.4 Å². The molecule has 114 valence electrons. The molecule has 6 heteroatoms. The zero-order valence-corrected chi connectivity index (χ0v) is 12.4. The van der Waals surface area contributed by atoms with Gasteiger partial charge in [0.15, 0.2) is 12.4 Å². The van der Waals surface area contributed by atoms with Crippen LogP contribution in [0.25, 0.3) is 0 Å². The number of benzene rings is 1. The molecule has 5 nitrogen and oxygen atoms in total. The zero-order chi connectivity index (χ0) is 15.1. The number of hydrogen-bond acceptors (Lipinski definition) is 5. The maximum atomic E-state index is 13.3. The van der Waals surface area contributed by atoms with Gasteiger partial charge in [-0.2, -0.15) is 4.98 Å². The average Bonchev–Trinajstić information content (AvgIpc) is 2.95. The lowest BCUT2D eigenvalue weighted by Gasteiger charge is -2.11. The second kappa shape index (κ2) is 7.73. The van der Waals surface area contributed by atoms with Crippen LogP contribution in [0.3, 0.4) is 0 Å². The molecule has 0 radical (unpaired) electrons. The van der Waals surface area contributed by atoms with Crippen molar-refractivity contribution in [3.05, 3.63) is 41.3 Å². The highest BCUT2D eigenvalue weighted by Crippen LogP contribution is 2.20. The highest BCUT2D eigenvalue weighted by molar-refractivity contribution is 5.34. The van der Waals surface area contributed by atoms with Gasteiger partial charge in [0.2, 0.25) is 0 Å². The van der Waals surface area contributed by atoms with Gasteiger partial charge in [-0.3, -0.25) is 0 Å². The van der Waals surface area contributed by atoms with Crippen molar-refractivity contribution in [3.8, 4) is 5.75 Å². The summed E-state index contributed by atoms with van der Waals surface area (Å²) in [4.78, 5) is 4.17. The lowest BCUT2D eigenvalue weighted by molar-refractivity contribution is 0.240. The van der Waals surface area contributed by atoms with E-state index in [1.54, 1.807) is 6.07 Å². The van der Waals surface area contributed by atoms with Crippen LogP contribution in [0.1, 0.15) is 37.5 Å². The minimum absolute atomic E-state index is 0.180. The lowest BCUT2D eigenvalue weighted by atomic mass is 10.2. The Labute approximate surface area is 123 Å². The Bertz CT molecular complexity index is 572. The van der Waals surface area contributed by atoms with Gasteiger partial charge < -0.3 is 14.6 Å². The largest absolute Gasteiger partial charge is 0.483 e. The molecular weight excluding hydrogens is 273 g/mol. The number of halogens is 1. The Hall–Kier alpha value is -1.95. The molecule has 1 heterocycles. The van der Waals surface area contributed by atoms with Crippen molar-refractivity contribution in [1.29, 1.82) is 0 Å². The summed E-state index contributed by atoms with van der Waals surface area (Å²) in [5.74, 6) is 1.42. The summed E-state index contributed by atoms with van der Waals surface area (Å²) in [5.41, 5.74) is 0.777. The minimum atomic E-state index is -0.276. The quantitative estimate of drug-likeness (QED) is 0.758. The lowest BCUT2D eigenvalue weighted by Crippen LogP contribution is -2.15.